The van der Waals surface area contributed by atoms with Crippen molar-refractivity contribution in [2.24, 2.45) is 5.73 Å². The lowest BCUT2D eigenvalue weighted by Gasteiger charge is -2.39. The minimum Gasteiger partial charge on any atom is -0.326 e. The lowest BCUT2D eigenvalue weighted by molar-refractivity contribution is 0.722. The molecule has 2 aliphatic carbocycles. The second kappa shape index (κ2) is 9.23. The fourth-order valence-corrected chi connectivity index (χ4v) is 8.22. The Morgan fingerprint density at radius 3 is 1.75 bits per heavy atom. The predicted octanol–water partition coefficient (Wildman–Crippen LogP) is 9.23. The summed E-state index contributed by atoms with van der Waals surface area (Å²) in [4.78, 5) is 2.69. The fraction of sp³-hybridized carbons (Fsp3) is 0.105. The van der Waals surface area contributed by atoms with Crippen LogP contribution in [0.1, 0.15) is 51.8 Å². The highest BCUT2D eigenvalue weighted by atomic mass is 32.2. The molecule has 0 fully saturated rings. The maximum atomic E-state index is 5.80. The molecule has 0 atom stereocenters. The Labute approximate surface area is 240 Å². The molecular formula is C38H29NS. The average Bonchev–Trinajstić information content (AvgIpc) is 3.32. The van der Waals surface area contributed by atoms with Crippen LogP contribution >= 0.6 is 11.8 Å². The Balaban J connectivity index is 1.28. The molecule has 5 aromatic carbocycles. The molecule has 0 saturated heterocycles. The molecule has 0 radical (unpaired) electrons. The Bertz CT molecular complexity index is 1810. The zero-order chi connectivity index (χ0) is 26.7. The number of hydrogen-bond acceptors (Lipinski definition) is 2. The maximum Gasteiger partial charge on any atom is 0.0735 e. The molecule has 2 N–H and O–H groups in total. The van der Waals surface area contributed by atoms with E-state index in [1.807, 2.05) is 11.8 Å². The molecule has 3 aliphatic rings. The molecular weight excluding hydrogens is 502 g/mol. The van der Waals surface area contributed by atoms with E-state index in [9.17, 15) is 0 Å². The summed E-state index contributed by atoms with van der Waals surface area (Å²) < 4.78 is 0. The smallest absolute Gasteiger partial charge is 0.0735 e. The van der Waals surface area contributed by atoms with Crippen molar-refractivity contribution in [3.63, 3.8) is 0 Å². The molecule has 5 aromatic rings. The number of benzene rings is 5. The largest absolute Gasteiger partial charge is 0.326 e. The van der Waals surface area contributed by atoms with Crippen LogP contribution in [0.4, 0.5) is 0 Å². The van der Waals surface area contributed by atoms with E-state index in [-0.39, 0.29) is 5.41 Å². The summed E-state index contributed by atoms with van der Waals surface area (Å²) in [7, 11) is 0. The van der Waals surface area contributed by atoms with Gasteiger partial charge < -0.3 is 5.73 Å². The van der Waals surface area contributed by atoms with Gasteiger partial charge in [-0.05, 0) is 92.3 Å². The van der Waals surface area contributed by atoms with Gasteiger partial charge in [-0.15, -0.1) is 0 Å². The van der Waals surface area contributed by atoms with Crippen molar-refractivity contribution in [3.05, 3.63) is 166 Å². The Kier molecular flexibility index (Phi) is 5.48. The molecule has 0 amide bonds. The molecule has 1 nitrogen and oxygen atoms in total. The molecule has 1 heterocycles. The third kappa shape index (κ3) is 3.40. The number of hydrogen-bond donors (Lipinski definition) is 1. The van der Waals surface area contributed by atoms with E-state index in [0.29, 0.717) is 6.54 Å². The molecule has 2 heteroatoms. The summed E-state index contributed by atoms with van der Waals surface area (Å²) in [5.74, 6) is 0. The highest BCUT2D eigenvalue weighted by Crippen LogP contribution is 2.62. The minimum absolute atomic E-state index is 0.299. The van der Waals surface area contributed by atoms with Gasteiger partial charge in [0, 0.05) is 16.3 Å². The Morgan fingerprint density at radius 1 is 0.550 bits per heavy atom. The van der Waals surface area contributed by atoms with E-state index in [4.69, 9.17) is 5.73 Å². The molecule has 1 spiro atoms. The number of nitrogens with two attached hydrogens (primary N) is 1. The van der Waals surface area contributed by atoms with Crippen molar-refractivity contribution in [1.29, 1.82) is 0 Å². The van der Waals surface area contributed by atoms with Crippen LogP contribution in [0.3, 0.4) is 0 Å². The fourth-order valence-electron chi connectivity index (χ4n) is 7.03. The first kappa shape index (κ1) is 23.7. The zero-order valence-corrected chi connectivity index (χ0v) is 23.0. The van der Waals surface area contributed by atoms with Gasteiger partial charge in [0.15, 0.2) is 0 Å². The third-order valence-corrected chi connectivity index (χ3v) is 10.1. The van der Waals surface area contributed by atoms with E-state index in [1.54, 1.807) is 0 Å². The first-order valence-electron chi connectivity index (χ1n) is 14.1. The van der Waals surface area contributed by atoms with Crippen LogP contribution in [0.2, 0.25) is 0 Å². The molecule has 192 valence electrons. The van der Waals surface area contributed by atoms with Crippen molar-refractivity contribution in [2.75, 3.05) is 0 Å². The molecule has 8 rings (SSSR count). The van der Waals surface area contributed by atoms with E-state index in [2.05, 4.69) is 127 Å². The van der Waals surface area contributed by atoms with Gasteiger partial charge in [-0.25, -0.2) is 0 Å². The molecule has 40 heavy (non-hydrogen) atoms. The number of rotatable bonds is 3. The first-order valence-corrected chi connectivity index (χ1v) is 14.9. The van der Waals surface area contributed by atoms with Crippen molar-refractivity contribution >= 4 is 22.9 Å². The van der Waals surface area contributed by atoms with Crippen LogP contribution in [0, 0.1) is 0 Å². The van der Waals surface area contributed by atoms with E-state index in [1.165, 1.54) is 71.0 Å². The predicted molar refractivity (Wildman–Crippen MR) is 167 cm³/mol. The van der Waals surface area contributed by atoms with Crippen LogP contribution in [0.5, 0.6) is 0 Å². The normalized spacial score (nSPS) is 15.9. The summed E-state index contributed by atoms with van der Waals surface area (Å²) >= 11 is 1.90. The topological polar surface area (TPSA) is 26.0 Å². The maximum absolute atomic E-state index is 5.80. The summed E-state index contributed by atoms with van der Waals surface area (Å²) in [6.07, 6.45) is 6.72. The van der Waals surface area contributed by atoms with Crippen LogP contribution in [0.15, 0.2) is 137 Å². The molecule has 0 aromatic heterocycles. The second-order valence-electron chi connectivity index (χ2n) is 10.9. The lowest BCUT2D eigenvalue weighted by Crippen LogP contribution is -2.31. The number of fused-ring (bicyclic) bond motifs is 9. The van der Waals surface area contributed by atoms with Crippen molar-refractivity contribution in [2.45, 2.75) is 34.6 Å². The minimum atomic E-state index is -0.299. The van der Waals surface area contributed by atoms with Gasteiger partial charge in [-0.2, -0.15) is 0 Å². The van der Waals surface area contributed by atoms with E-state index in [0.717, 1.165) is 12.8 Å². The van der Waals surface area contributed by atoms with Gasteiger partial charge in [0.2, 0.25) is 0 Å². The van der Waals surface area contributed by atoms with Crippen LogP contribution in [-0.2, 0) is 12.0 Å². The molecule has 1 aliphatic heterocycles. The van der Waals surface area contributed by atoms with Gasteiger partial charge in [0.25, 0.3) is 0 Å². The van der Waals surface area contributed by atoms with E-state index >= 15 is 0 Å². The highest BCUT2D eigenvalue weighted by Gasteiger charge is 2.50. The number of allylic oxidation sites excluding steroid dienone is 4. The van der Waals surface area contributed by atoms with Gasteiger partial charge >= 0.3 is 0 Å². The Morgan fingerprint density at radius 2 is 1.10 bits per heavy atom. The lowest BCUT2D eigenvalue weighted by atomic mass is 9.67. The average molecular weight is 532 g/mol. The van der Waals surface area contributed by atoms with Crippen LogP contribution in [0.25, 0.3) is 22.3 Å². The quantitative estimate of drug-likeness (QED) is 0.246. The SMILES string of the molecule is NCc1ccc(C2=CC=C(c3ccc4c(c3)-c3ccccc3C43c4ccccc4Sc4ccccc43)CC2)cc1. The summed E-state index contributed by atoms with van der Waals surface area (Å²) in [5, 5.41) is 0. The van der Waals surface area contributed by atoms with E-state index < -0.39 is 0 Å². The van der Waals surface area contributed by atoms with Crippen LogP contribution < -0.4 is 5.73 Å². The molecule has 0 bridgehead atoms. The van der Waals surface area contributed by atoms with Crippen molar-refractivity contribution in [1.82, 2.24) is 0 Å². The van der Waals surface area contributed by atoms with Gasteiger partial charge in [0.05, 0.1) is 5.41 Å². The summed E-state index contributed by atoms with van der Waals surface area (Å²) in [6, 6.07) is 43.0. The second-order valence-corrected chi connectivity index (χ2v) is 12.0. The van der Waals surface area contributed by atoms with Crippen LogP contribution in [-0.4, -0.2) is 0 Å². The standard InChI is InChI=1S/C38H29NS/c39-24-25-13-15-26(16-14-25)27-17-19-28(20-18-27)29-21-22-33-31(23-29)30-7-1-2-8-32(30)38(33)34-9-3-5-11-36(34)40-37-12-6-4-10-35(37)38/h1-17,19,21-23H,18,20,24,39H2. The van der Waals surface area contributed by atoms with Gasteiger partial charge in [0.1, 0.15) is 0 Å². The van der Waals surface area contributed by atoms with Gasteiger partial charge in [-0.3, -0.25) is 0 Å². The monoisotopic (exact) mass is 531 g/mol. The highest BCUT2D eigenvalue weighted by molar-refractivity contribution is 7.99. The molecule has 0 saturated carbocycles. The van der Waals surface area contributed by atoms with Crippen molar-refractivity contribution in [3.8, 4) is 11.1 Å². The van der Waals surface area contributed by atoms with Gasteiger partial charge in [-0.1, -0.05) is 121 Å². The molecule has 0 unspecified atom stereocenters. The summed E-state index contributed by atoms with van der Waals surface area (Å²) in [6.45, 7) is 0.585. The van der Waals surface area contributed by atoms with Crippen molar-refractivity contribution < 1.29 is 0 Å². The Hall–Kier alpha value is -4.11. The first-order chi connectivity index (χ1) is 19.8. The zero-order valence-electron chi connectivity index (χ0n) is 22.2. The summed E-state index contributed by atoms with van der Waals surface area (Å²) in [5.41, 5.74) is 20.4. The third-order valence-electron chi connectivity index (χ3n) is 8.93.